The van der Waals surface area contributed by atoms with Crippen LogP contribution < -0.4 is 16.0 Å². The monoisotopic (exact) mass is 309 g/mol. The van der Waals surface area contributed by atoms with Crippen LogP contribution in [0.3, 0.4) is 0 Å². The molecule has 0 unspecified atom stereocenters. The summed E-state index contributed by atoms with van der Waals surface area (Å²) in [5.74, 6) is 0.348. The number of nitrogens with zero attached hydrogens (tertiary/aromatic N) is 3. The van der Waals surface area contributed by atoms with Gasteiger partial charge in [-0.15, -0.1) is 10.2 Å². The molecule has 4 N–H and O–H groups in total. The van der Waals surface area contributed by atoms with Crippen molar-refractivity contribution in [1.82, 2.24) is 36.6 Å². The van der Waals surface area contributed by atoms with E-state index in [4.69, 9.17) is 0 Å². The highest BCUT2D eigenvalue weighted by Gasteiger charge is 2.27. The zero-order valence-electron chi connectivity index (χ0n) is 12.9. The van der Waals surface area contributed by atoms with Crippen molar-refractivity contribution in [2.24, 2.45) is 5.92 Å². The van der Waals surface area contributed by atoms with Gasteiger partial charge in [0.15, 0.2) is 5.82 Å². The molecule has 122 valence electrons. The van der Waals surface area contributed by atoms with Gasteiger partial charge in [-0.1, -0.05) is 19.1 Å². The summed E-state index contributed by atoms with van der Waals surface area (Å²) in [4.78, 5) is 24.5. The quantitative estimate of drug-likeness (QED) is 0.517. The van der Waals surface area contributed by atoms with Gasteiger partial charge in [-0.05, 0) is 31.7 Å². The summed E-state index contributed by atoms with van der Waals surface area (Å²) in [7, 11) is 0. The molecule has 22 heavy (non-hydrogen) atoms. The number of carbonyl (C=O) groups is 2. The number of tetrazole rings is 1. The minimum absolute atomic E-state index is 0.113. The Morgan fingerprint density at radius 3 is 2.82 bits per heavy atom. The van der Waals surface area contributed by atoms with Crippen LogP contribution in [0.15, 0.2) is 0 Å². The summed E-state index contributed by atoms with van der Waals surface area (Å²) >= 11 is 0. The lowest BCUT2D eigenvalue weighted by molar-refractivity contribution is -0.130. The van der Waals surface area contributed by atoms with Gasteiger partial charge in [-0.2, -0.15) is 5.21 Å². The minimum Gasteiger partial charge on any atom is -0.347 e. The van der Waals surface area contributed by atoms with Crippen LogP contribution in [0, 0.1) is 5.92 Å². The molecule has 2 rings (SSSR count). The Labute approximate surface area is 129 Å². The molecular weight excluding hydrogens is 286 g/mol. The number of nitrogens with one attached hydrogen (secondary N) is 4. The van der Waals surface area contributed by atoms with Gasteiger partial charge in [0.05, 0.1) is 12.6 Å². The zero-order valence-corrected chi connectivity index (χ0v) is 12.9. The van der Waals surface area contributed by atoms with E-state index in [1.54, 1.807) is 0 Å². The number of hydrogen-bond donors (Lipinski definition) is 4. The van der Waals surface area contributed by atoms with Crippen molar-refractivity contribution in [3.05, 3.63) is 5.82 Å². The first-order valence-corrected chi connectivity index (χ1v) is 7.60. The van der Waals surface area contributed by atoms with E-state index >= 15 is 0 Å². The second-order valence-corrected chi connectivity index (χ2v) is 5.89. The highest BCUT2D eigenvalue weighted by Crippen LogP contribution is 2.09. The van der Waals surface area contributed by atoms with E-state index in [0.717, 1.165) is 19.4 Å². The molecule has 9 nitrogen and oxygen atoms in total. The number of H-pyrrole nitrogens is 1. The number of amides is 2. The summed E-state index contributed by atoms with van der Waals surface area (Å²) < 4.78 is 0. The zero-order chi connectivity index (χ0) is 15.9. The van der Waals surface area contributed by atoms with Crippen molar-refractivity contribution in [2.75, 3.05) is 6.54 Å². The largest absolute Gasteiger partial charge is 0.347 e. The van der Waals surface area contributed by atoms with Crippen molar-refractivity contribution in [1.29, 1.82) is 0 Å². The summed E-state index contributed by atoms with van der Waals surface area (Å²) in [6, 6.07) is -0.749. The smallest absolute Gasteiger partial charge is 0.242 e. The lowest BCUT2D eigenvalue weighted by atomic mass is 10.0. The van der Waals surface area contributed by atoms with Crippen LogP contribution in [0.2, 0.25) is 0 Å². The van der Waals surface area contributed by atoms with Crippen molar-refractivity contribution in [3.8, 4) is 0 Å². The minimum atomic E-state index is -0.554. The Morgan fingerprint density at radius 2 is 2.23 bits per heavy atom. The van der Waals surface area contributed by atoms with Gasteiger partial charge in [0.1, 0.15) is 6.04 Å². The van der Waals surface area contributed by atoms with Crippen molar-refractivity contribution in [3.63, 3.8) is 0 Å². The maximum absolute atomic E-state index is 12.3. The van der Waals surface area contributed by atoms with Gasteiger partial charge in [-0.3, -0.25) is 9.59 Å². The normalized spacial score (nSPS) is 19.1. The molecule has 0 aliphatic carbocycles. The van der Waals surface area contributed by atoms with Crippen LogP contribution >= 0.6 is 0 Å². The molecule has 9 heteroatoms. The maximum Gasteiger partial charge on any atom is 0.242 e. The Bertz CT molecular complexity index is 483. The lowest BCUT2D eigenvalue weighted by Crippen LogP contribution is -2.51. The first-order chi connectivity index (χ1) is 10.6. The average molecular weight is 309 g/mol. The fourth-order valence-electron chi connectivity index (χ4n) is 2.43. The first-order valence-electron chi connectivity index (χ1n) is 7.60. The third-order valence-corrected chi connectivity index (χ3v) is 3.53. The van der Waals surface area contributed by atoms with Crippen LogP contribution in [0.25, 0.3) is 0 Å². The van der Waals surface area contributed by atoms with Gasteiger partial charge in [0.25, 0.3) is 0 Å². The molecule has 2 heterocycles. The van der Waals surface area contributed by atoms with E-state index in [1.165, 1.54) is 0 Å². The van der Waals surface area contributed by atoms with Crippen LogP contribution in [-0.2, 0) is 16.1 Å². The Kier molecular flexibility index (Phi) is 5.82. The summed E-state index contributed by atoms with van der Waals surface area (Å²) in [5.41, 5.74) is 0. The van der Waals surface area contributed by atoms with Gasteiger partial charge in [-0.25, -0.2) is 0 Å². The van der Waals surface area contributed by atoms with Crippen LogP contribution in [0.4, 0.5) is 0 Å². The summed E-state index contributed by atoms with van der Waals surface area (Å²) in [6.45, 7) is 5.05. The number of hydrogen-bond acceptors (Lipinski definition) is 6. The molecule has 1 aliphatic heterocycles. The Balaban J connectivity index is 1.89. The van der Waals surface area contributed by atoms with Crippen molar-refractivity contribution in [2.45, 2.75) is 51.7 Å². The second kappa shape index (κ2) is 7.83. The third-order valence-electron chi connectivity index (χ3n) is 3.53. The van der Waals surface area contributed by atoms with Crippen LogP contribution in [-0.4, -0.2) is 51.1 Å². The molecule has 2 amide bonds. The van der Waals surface area contributed by atoms with Gasteiger partial charge < -0.3 is 16.0 Å². The van der Waals surface area contributed by atoms with E-state index in [9.17, 15) is 9.59 Å². The molecular formula is C13H23N7O2. The third kappa shape index (κ3) is 4.76. The molecule has 1 aromatic heterocycles. The van der Waals surface area contributed by atoms with E-state index in [1.807, 2.05) is 13.8 Å². The summed E-state index contributed by atoms with van der Waals surface area (Å²) in [5, 5.41) is 22.0. The lowest BCUT2D eigenvalue weighted by Gasteiger charge is -2.21. The van der Waals surface area contributed by atoms with E-state index in [2.05, 4.69) is 36.6 Å². The predicted octanol–water partition coefficient (Wildman–Crippen LogP) is -0.901. The molecule has 1 aliphatic rings. The molecule has 1 fully saturated rings. The molecule has 1 saturated heterocycles. The van der Waals surface area contributed by atoms with E-state index in [0.29, 0.717) is 12.2 Å². The topological polar surface area (TPSA) is 125 Å². The van der Waals surface area contributed by atoms with Gasteiger partial charge >= 0.3 is 0 Å². The molecule has 1 aromatic rings. The molecule has 2 atom stereocenters. The fourth-order valence-corrected chi connectivity index (χ4v) is 2.43. The highest BCUT2D eigenvalue weighted by molar-refractivity contribution is 5.89. The van der Waals surface area contributed by atoms with E-state index < -0.39 is 6.04 Å². The molecule has 0 radical (unpaired) electrons. The van der Waals surface area contributed by atoms with E-state index in [-0.39, 0.29) is 30.3 Å². The molecule has 0 spiro atoms. The standard InChI is InChI=1S/C13H23N7O2/c1-8(2)6-10(16-13(22)9-4-3-5-14-9)12(21)15-7-11-17-19-20-18-11/h8-10,14H,3-7H2,1-2H3,(H,15,21)(H,16,22)(H,17,18,19,20)/t9-,10-/m0/s1. The van der Waals surface area contributed by atoms with Crippen LogP contribution in [0.5, 0.6) is 0 Å². The maximum atomic E-state index is 12.3. The average Bonchev–Trinajstić information content (AvgIpc) is 3.16. The Morgan fingerprint density at radius 1 is 1.41 bits per heavy atom. The number of aromatic nitrogens is 4. The Hall–Kier alpha value is -2.03. The highest BCUT2D eigenvalue weighted by atomic mass is 16.2. The molecule has 0 aromatic carbocycles. The van der Waals surface area contributed by atoms with Gasteiger partial charge in [0, 0.05) is 0 Å². The number of carbonyl (C=O) groups excluding carboxylic acids is 2. The predicted molar refractivity (Wildman–Crippen MR) is 78.4 cm³/mol. The van der Waals surface area contributed by atoms with Gasteiger partial charge in [0.2, 0.25) is 11.8 Å². The second-order valence-electron chi connectivity index (χ2n) is 5.89. The number of aromatic amines is 1. The number of rotatable bonds is 7. The summed E-state index contributed by atoms with van der Waals surface area (Å²) in [6.07, 6.45) is 2.37. The fraction of sp³-hybridized carbons (Fsp3) is 0.769. The van der Waals surface area contributed by atoms with Crippen molar-refractivity contribution < 1.29 is 9.59 Å². The van der Waals surface area contributed by atoms with Crippen molar-refractivity contribution >= 4 is 11.8 Å². The SMILES string of the molecule is CC(C)C[C@H](NC(=O)[C@@H]1CCCN1)C(=O)NCc1nn[nH]n1. The molecule has 0 saturated carbocycles. The van der Waals surface area contributed by atoms with Crippen LogP contribution in [0.1, 0.15) is 38.9 Å². The first kappa shape index (κ1) is 16.3. The molecule has 0 bridgehead atoms.